The summed E-state index contributed by atoms with van der Waals surface area (Å²) in [4.78, 5) is 16.0. The van der Waals surface area contributed by atoms with Crippen LogP contribution in [0, 0.1) is 0 Å². The van der Waals surface area contributed by atoms with Gasteiger partial charge in [-0.3, -0.25) is 4.79 Å². The summed E-state index contributed by atoms with van der Waals surface area (Å²) in [5.74, 6) is 0.393. The molecular weight excluding hydrogens is 404 g/mol. The molecule has 1 amide bonds. The molecule has 0 aliphatic carbocycles. The number of carbonyl (C=O) groups is 1. The number of hydrogen-bond donors (Lipinski definition) is 1. The molecule has 1 atom stereocenters. The molecule has 0 saturated carbocycles. The van der Waals surface area contributed by atoms with Gasteiger partial charge in [0.1, 0.15) is 6.04 Å². The van der Waals surface area contributed by atoms with Gasteiger partial charge in [-0.1, -0.05) is 105 Å². The Labute approximate surface area is 196 Å². The second kappa shape index (κ2) is 10.6. The van der Waals surface area contributed by atoms with Crippen molar-refractivity contribution in [3.63, 3.8) is 0 Å². The molecule has 0 aromatic heterocycles. The molecule has 1 N–H and O–H groups in total. The van der Waals surface area contributed by atoms with Crippen LogP contribution < -0.4 is 10.2 Å². The minimum absolute atomic E-state index is 0.0571. The number of para-hydroxylation sites is 1. The Hall–Kier alpha value is -3.85. The van der Waals surface area contributed by atoms with Crippen molar-refractivity contribution in [2.75, 3.05) is 10.2 Å². The zero-order chi connectivity index (χ0) is 23.0. The minimum Gasteiger partial charge on any atom is -0.352 e. The molecule has 4 aromatic carbocycles. The maximum atomic E-state index is 13.8. The number of hydrogen-bond acceptors (Lipinski definition) is 2. The van der Waals surface area contributed by atoms with Crippen LogP contribution in [0.4, 0.5) is 11.4 Å². The van der Waals surface area contributed by atoms with Gasteiger partial charge in [-0.25, -0.2) is 0 Å². The van der Waals surface area contributed by atoms with E-state index in [9.17, 15) is 4.79 Å². The van der Waals surface area contributed by atoms with Gasteiger partial charge in [-0.05, 0) is 46.9 Å². The monoisotopic (exact) mass is 434 g/mol. The van der Waals surface area contributed by atoms with Gasteiger partial charge in [0, 0.05) is 17.9 Å². The first kappa shape index (κ1) is 22.3. The van der Waals surface area contributed by atoms with E-state index in [1.54, 1.807) is 0 Å². The van der Waals surface area contributed by atoms with E-state index in [0.717, 1.165) is 22.5 Å². The summed E-state index contributed by atoms with van der Waals surface area (Å²) in [7, 11) is 0. The van der Waals surface area contributed by atoms with E-state index in [0.29, 0.717) is 12.5 Å². The summed E-state index contributed by atoms with van der Waals surface area (Å²) in [5.41, 5.74) is 5.16. The van der Waals surface area contributed by atoms with E-state index in [1.165, 1.54) is 5.56 Å². The lowest BCUT2D eigenvalue weighted by Gasteiger charge is -2.33. The molecule has 0 heterocycles. The molecule has 0 spiro atoms. The predicted octanol–water partition coefficient (Wildman–Crippen LogP) is 7.20. The van der Waals surface area contributed by atoms with Crippen LogP contribution in [0.2, 0.25) is 0 Å². The standard InChI is InChI=1S/C30H30N2O/c1-23(2)25-18-20-27(21-19-25)31-30(33)29(26-14-8-4-9-15-26)32(28-16-10-5-11-17-28)22-24-12-6-3-7-13-24/h3-21,23,29H,22H2,1-2H3,(H,31,33). The Morgan fingerprint density at radius 1 is 0.697 bits per heavy atom. The normalized spacial score (nSPS) is 11.7. The third kappa shape index (κ3) is 5.69. The maximum absolute atomic E-state index is 13.8. The van der Waals surface area contributed by atoms with E-state index in [2.05, 4.69) is 60.5 Å². The molecule has 0 aliphatic heterocycles. The Morgan fingerprint density at radius 3 is 1.82 bits per heavy atom. The molecule has 1 unspecified atom stereocenters. The number of amides is 1. The summed E-state index contributed by atoms with van der Waals surface area (Å²) in [5, 5.41) is 3.16. The second-order valence-electron chi connectivity index (χ2n) is 8.53. The van der Waals surface area contributed by atoms with Gasteiger partial charge in [0.2, 0.25) is 0 Å². The van der Waals surface area contributed by atoms with Crippen molar-refractivity contribution in [1.29, 1.82) is 0 Å². The molecule has 0 bridgehead atoms. The number of nitrogens with zero attached hydrogens (tertiary/aromatic N) is 1. The molecule has 3 heteroatoms. The number of benzene rings is 4. The highest BCUT2D eigenvalue weighted by Gasteiger charge is 2.28. The first-order valence-electron chi connectivity index (χ1n) is 11.4. The van der Waals surface area contributed by atoms with Gasteiger partial charge in [0.05, 0.1) is 0 Å². The molecule has 0 saturated heterocycles. The average Bonchev–Trinajstić information content (AvgIpc) is 2.86. The summed E-state index contributed by atoms with van der Waals surface area (Å²) in [6.07, 6.45) is 0. The van der Waals surface area contributed by atoms with Gasteiger partial charge in [0.15, 0.2) is 0 Å². The SMILES string of the molecule is CC(C)c1ccc(NC(=O)C(c2ccccc2)N(Cc2ccccc2)c2ccccc2)cc1. The fourth-order valence-electron chi connectivity index (χ4n) is 4.00. The first-order chi connectivity index (χ1) is 16.1. The lowest BCUT2D eigenvalue weighted by Crippen LogP contribution is -2.37. The molecule has 0 radical (unpaired) electrons. The summed E-state index contributed by atoms with van der Waals surface area (Å²) < 4.78 is 0. The van der Waals surface area contributed by atoms with E-state index >= 15 is 0 Å². The predicted molar refractivity (Wildman–Crippen MR) is 137 cm³/mol. The fraction of sp³-hybridized carbons (Fsp3) is 0.167. The van der Waals surface area contributed by atoms with Crippen molar-refractivity contribution in [3.8, 4) is 0 Å². The molecule has 4 aromatic rings. The molecule has 33 heavy (non-hydrogen) atoms. The van der Waals surface area contributed by atoms with Gasteiger partial charge in [-0.15, -0.1) is 0 Å². The number of nitrogens with one attached hydrogen (secondary N) is 1. The van der Waals surface area contributed by atoms with Gasteiger partial charge >= 0.3 is 0 Å². The second-order valence-corrected chi connectivity index (χ2v) is 8.53. The number of rotatable bonds is 8. The Morgan fingerprint density at radius 2 is 1.24 bits per heavy atom. The molecular formula is C30H30N2O. The lowest BCUT2D eigenvalue weighted by molar-refractivity contribution is -0.117. The zero-order valence-corrected chi connectivity index (χ0v) is 19.2. The van der Waals surface area contributed by atoms with Gasteiger partial charge in [-0.2, -0.15) is 0 Å². The van der Waals surface area contributed by atoms with Crippen LogP contribution in [0.5, 0.6) is 0 Å². The number of carbonyl (C=O) groups excluding carboxylic acids is 1. The third-order valence-corrected chi connectivity index (χ3v) is 5.80. The van der Waals surface area contributed by atoms with Gasteiger partial charge < -0.3 is 10.2 Å². The van der Waals surface area contributed by atoms with Crippen LogP contribution in [-0.4, -0.2) is 5.91 Å². The highest BCUT2D eigenvalue weighted by Crippen LogP contribution is 2.30. The smallest absolute Gasteiger partial charge is 0.251 e. The van der Waals surface area contributed by atoms with Crippen LogP contribution in [-0.2, 0) is 11.3 Å². The largest absolute Gasteiger partial charge is 0.352 e. The van der Waals surface area contributed by atoms with Crippen molar-refractivity contribution >= 4 is 17.3 Å². The third-order valence-electron chi connectivity index (χ3n) is 5.80. The Bertz CT molecular complexity index is 1140. The van der Waals surface area contributed by atoms with Crippen LogP contribution in [0.3, 0.4) is 0 Å². The molecule has 166 valence electrons. The van der Waals surface area contributed by atoms with E-state index < -0.39 is 6.04 Å². The topological polar surface area (TPSA) is 32.3 Å². The van der Waals surface area contributed by atoms with Crippen molar-refractivity contribution in [3.05, 3.63) is 132 Å². The number of anilines is 2. The average molecular weight is 435 g/mol. The Balaban J connectivity index is 1.71. The van der Waals surface area contributed by atoms with Crippen molar-refractivity contribution < 1.29 is 4.79 Å². The fourth-order valence-corrected chi connectivity index (χ4v) is 4.00. The lowest BCUT2D eigenvalue weighted by atomic mass is 10.0. The van der Waals surface area contributed by atoms with Crippen molar-refractivity contribution in [1.82, 2.24) is 0 Å². The molecule has 0 fully saturated rings. The van der Waals surface area contributed by atoms with E-state index in [1.807, 2.05) is 78.9 Å². The molecule has 0 aliphatic rings. The first-order valence-corrected chi connectivity index (χ1v) is 11.4. The minimum atomic E-state index is -0.487. The summed E-state index contributed by atoms with van der Waals surface area (Å²) in [6, 6.07) is 38.1. The highest BCUT2D eigenvalue weighted by atomic mass is 16.2. The molecule has 3 nitrogen and oxygen atoms in total. The van der Waals surface area contributed by atoms with Crippen molar-refractivity contribution in [2.24, 2.45) is 0 Å². The van der Waals surface area contributed by atoms with Crippen LogP contribution >= 0.6 is 0 Å². The van der Waals surface area contributed by atoms with Crippen molar-refractivity contribution in [2.45, 2.75) is 32.4 Å². The maximum Gasteiger partial charge on any atom is 0.251 e. The highest BCUT2D eigenvalue weighted by molar-refractivity contribution is 5.97. The van der Waals surface area contributed by atoms with E-state index in [4.69, 9.17) is 0 Å². The van der Waals surface area contributed by atoms with Gasteiger partial charge in [0.25, 0.3) is 5.91 Å². The zero-order valence-electron chi connectivity index (χ0n) is 19.2. The Kier molecular flexibility index (Phi) is 7.21. The summed E-state index contributed by atoms with van der Waals surface area (Å²) >= 11 is 0. The van der Waals surface area contributed by atoms with E-state index in [-0.39, 0.29) is 5.91 Å². The van der Waals surface area contributed by atoms with Crippen LogP contribution in [0.1, 0.15) is 42.5 Å². The van der Waals surface area contributed by atoms with Crippen LogP contribution in [0.25, 0.3) is 0 Å². The quantitative estimate of drug-likeness (QED) is 0.318. The van der Waals surface area contributed by atoms with Crippen LogP contribution in [0.15, 0.2) is 115 Å². The summed E-state index contributed by atoms with van der Waals surface area (Å²) in [6.45, 7) is 4.95. The molecule has 4 rings (SSSR count).